The zero-order chi connectivity index (χ0) is 14.1. The second-order valence-corrected chi connectivity index (χ2v) is 7.13. The van der Waals surface area contributed by atoms with Gasteiger partial charge in [-0.2, -0.15) is 0 Å². The van der Waals surface area contributed by atoms with Crippen LogP contribution < -0.4 is 0 Å². The highest BCUT2D eigenvalue weighted by Crippen LogP contribution is 2.22. The highest BCUT2D eigenvalue weighted by atomic mass is 32.1. The van der Waals surface area contributed by atoms with Crippen LogP contribution in [-0.4, -0.2) is 33.0 Å². The Morgan fingerprint density at radius 3 is 3.05 bits per heavy atom. The molecule has 0 spiro atoms. The van der Waals surface area contributed by atoms with E-state index in [1.54, 1.807) is 0 Å². The molecule has 5 heteroatoms. The predicted octanol–water partition coefficient (Wildman–Crippen LogP) is 2.65. The first-order valence-electron chi connectivity index (χ1n) is 7.23. The normalized spacial score (nSPS) is 18.5. The molecule has 4 nitrogen and oxygen atoms in total. The van der Waals surface area contributed by atoms with Crippen molar-refractivity contribution in [2.45, 2.75) is 39.8 Å². The number of thiazole rings is 1. The minimum atomic E-state index is 0.732. The van der Waals surface area contributed by atoms with Crippen LogP contribution in [-0.2, 0) is 19.5 Å². The quantitative estimate of drug-likeness (QED) is 0.868. The van der Waals surface area contributed by atoms with Crippen LogP contribution in [0.3, 0.4) is 0 Å². The number of aryl methyl sites for hydroxylation is 3. The van der Waals surface area contributed by atoms with Crippen LogP contribution in [0.15, 0.2) is 12.4 Å². The van der Waals surface area contributed by atoms with E-state index in [4.69, 9.17) is 0 Å². The Labute approximate surface area is 124 Å². The van der Waals surface area contributed by atoms with Crippen molar-refractivity contribution in [1.29, 1.82) is 0 Å². The molecule has 3 heterocycles. The third-order valence-corrected chi connectivity index (χ3v) is 5.07. The Morgan fingerprint density at radius 2 is 2.30 bits per heavy atom. The Kier molecular flexibility index (Phi) is 3.89. The van der Waals surface area contributed by atoms with Gasteiger partial charge in [0.2, 0.25) is 0 Å². The molecular weight excluding hydrogens is 268 g/mol. The minimum absolute atomic E-state index is 0.732. The molecule has 2 aromatic rings. The van der Waals surface area contributed by atoms with Gasteiger partial charge in [-0.25, -0.2) is 9.97 Å². The summed E-state index contributed by atoms with van der Waals surface area (Å²) in [5.74, 6) is 1.98. The van der Waals surface area contributed by atoms with Crippen molar-refractivity contribution >= 4 is 11.3 Å². The van der Waals surface area contributed by atoms with E-state index in [0.717, 1.165) is 32.0 Å². The molecule has 3 rings (SSSR count). The van der Waals surface area contributed by atoms with Crippen molar-refractivity contribution in [3.8, 4) is 0 Å². The summed E-state index contributed by atoms with van der Waals surface area (Å²) in [5.41, 5.74) is 1.19. The molecule has 1 aliphatic rings. The monoisotopic (exact) mass is 290 g/mol. The molecule has 0 bridgehead atoms. The predicted molar refractivity (Wildman–Crippen MR) is 82.0 cm³/mol. The van der Waals surface area contributed by atoms with Gasteiger partial charge < -0.3 is 9.47 Å². The molecule has 1 unspecified atom stereocenters. The van der Waals surface area contributed by atoms with Gasteiger partial charge in [-0.15, -0.1) is 11.3 Å². The first-order chi connectivity index (χ1) is 9.61. The van der Waals surface area contributed by atoms with Crippen molar-refractivity contribution in [3.63, 3.8) is 0 Å². The van der Waals surface area contributed by atoms with Gasteiger partial charge in [0.1, 0.15) is 5.82 Å². The van der Waals surface area contributed by atoms with Crippen LogP contribution in [0.25, 0.3) is 0 Å². The molecule has 0 fully saturated rings. The Bertz CT molecular complexity index is 586. The van der Waals surface area contributed by atoms with E-state index in [0.29, 0.717) is 0 Å². The van der Waals surface area contributed by atoms with E-state index in [1.807, 2.05) is 17.5 Å². The maximum atomic E-state index is 4.51. The van der Waals surface area contributed by atoms with Crippen LogP contribution in [0.5, 0.6) is 0 Å². The smallest absolute Gasteiger partial charge is 0.108 e. The van der Waals surface area contributed by atoms with E-state index in [9.17, 15) is 0 Å². The lowest BCUT2D eigenvalue weighted by molar-refractivity contribution is 0.230. The van der Waals surface area contributed by atoms with E-state index in [2.05, 4.69) is 46.5 Å². The molecule has 0 saturated carbocycles. The summed E-state index contributed by atoms with van der Waals surface area (Å²) in [6.45, 7) is 7.48. The molecule has 1 aliphatic heterocycles. The second kappa shape index (κ2) is 5.66. The van der Waals surface area contributed by atoms with Crippen molar-refractivity contribution in [3.05, 3.63) is 33.8 Å². The van der Waals surface area contributed by atoms with Crippen molar-refractivity contribution in [2.75, 3.05) is 13.6 Å². The SMILES string of the molecule is Cc1nc(C)c(CN(C)CC2CCc3nccn3C2)s1. The van der Waals surface area contributed by atoms with Gasteiger partial charge in [0.15, 0.2) is 0 Å². The Morgan fingerprint density at radius 1 is 1.45 bits per heavy atom. The molecule has 0 saturated heterocycles. The van der Waals surface area contributed by atoms with Crippen molar-refractivity contribution < 1.29 is 0 Å². The van der Waals surface area contributed by atoms with E-state index in [-0.39, 0.29) is 0 Å². The maximum Gasteiger partial charge on any atom is 0.108 e. The van der Waals surface area contributed by atoms with Gasteiger partial charge in [-0.3, -0.25) is 0 Å². The number of hydrogen-bond donors (Lipinski definition) is 0. The zero-order valence-corrected chi connectivity index (χ0v) is 13.3. The summed E-state index contributed by atoms with van der Waals surface area (Å²) >= 11 is 1.83. The summed E-state index contributed by atoms with van der Waals surface area (Å²) in [6.07, 6.45) is 6.40. The second-order valence-electron chi connectivity index (χ2n) is 5.84. The minimum Gasteiger partial charge on any atom is -0.335 e. The van der Waals surface area contributed by atoms with E-state index in [1.165, 1.54) is 27.8 Å². The highest BCUT2D eigenvalue weighted by Gasteiger charge is 2.20. The standard InChI is InChI=1S/C15H22N4S/c1-11-14(20-12(2)17-11)10-18(3)8-13-4-5-15-16-6-7-19(15)9-13/h6-7,13H,4-5,8-10H2,1-3H3. The summed E-state index contributed by atoms with van der Waals surface area (Å²) in [5, 5.41) is 1.17. The first kappa shape index (κ1) is 13.8. The van der Waals surface area contributed by atoms with E-state index >= 15 is 0 Å². The van der Waals surface area contributed by atoms with Crippen molar-refractivity contribution in [2.24, 2.45) is 5.92 Å². The number of imidazole rings is 1. The van der Waals surface area contributed by atoms with Crippen LogP contribution in [0, 0.1) is 19.8 Å². The third kappa shape index (κ3) is 2.94. The zero-order valence-electron chi connectivity index (χ0n) is 12.5. The Hall–Kier alpha value is -1.20. The number of fused-ring (bicyclic) bond motifs is 1. The maximum absolute atomic E-state index is 4.51. The topological polar surface area (TPSA) is 34.0 Å². The summed E-state index contributed by atoms with van der Waals surface area (Å²) < 4.78 is 2.31. The average Bonchev–Trinajstić information content (AvgIpc) is 2.96. The number of rotatable bonds is 4. The number of aromatic nitrogens is 3. The average molecular weight is 290 g/mol. The molecule has 0 aliphatic carbocycles. The summed E-state index contributed by atoms with van der Waals surface area (Å²) in [4.78, 5) is 12.8. The molecular formula is C15H22N4S. The van der Waals surface area contributed by atoms with Crippen molar-refractivity contribution in [1.82, 2.24) is 19.4 Å². The van der Waals surface area contributed by atoms with Crippen LogP contribution >= 0.6 is 11.3 Å². The molecule has 20 heavy (non-hydrogen) atoms. The lowest BCUT2D eigenvalue weighted by Crippen LogP contribution is -2.31. The molecule has 2 aromatic heterocycles. The van der Waals surface area contributed by atoms with Gasteiger partial charge in [0.05, 0.1) is 10.7 Å². The lowest BCUT2D eigenvalue weighted by Gasteiger charge is -2.28. The molecule has 0 N–H and O–H groups in total. The van der Waals surface area contributed by atoms with Gasteiger partial charge in [0, 0.05) is 43.3 Å². The van der Waals surface area contributed by atoms with Crippen LogP contribution in [0.4, 0.5) is 0 Å². The lowest BCUT2D eigenvalue weighted by atomic mass is 9.99. The first-order valence-corrected chi connectivity index (χ1v) is 8.05. The van der Waals surface area contributed by atoms with Crippen LogP contribution in [0.2, 0.25) is 0 Å². The van der Waals surface area contributed by atoms with Gasteiger partial charge in [0.25, 0.3) is 0 Å². The van der Waals surface area contributed by atoms with Crippen LogP contribution in [0.1, 0.15) is 27.8 Å². The molecule has 0 aromatic carbocycles. The molecule has 0 radical (unpaired) electrons. The number of nitrogens with zero attached hydrogens (tertiary/aromatic N) is 4. The highest BCUT2D eigenvalue weighted by molar-refractivity contribution is 7.11. The van der Waals surface area contributed by atoms with Gasteiger partial charge in [-0.05, 0) is 33.2 Å². The van der Waals surface area contributed by atoms with Gasteiger partial charge in [-0.1, -0.05) is 0 Å². The molecule has 108 valence electrons. The fourth-order valence-corrected chi connectivity index (χ4v) is 4.07. The fraction of sp³-hybridized carbons (Fsp3) is 0.600. The third-order valence-electron chi connectivity index (χ3n) is 4.02. The van der Waals surface area contributed by atoms with E-state index < -0.39 is 0 Å². The molecule has 0 amide bonds. The largest absolute Gasteiger partial charge is 0.335 e. The number of hydrogen-bond acceptors (Lipinski definition) is 4. The molecule has 1 atom stereocenters. The summed E-state index contributed by atoms with van der Waals surface area (Å²) in [6, 6.07) is 0. The fourth-order valence-electron chi connectivity index (χ4n) is 3.06. The summed E-state index contributed by atoms with van der Waals surface area (Å²) in [7, 11) is 2.22. The van der Waals surface area contributed by atoms with Gasteiger partial charge >= 0.3 is 0 Å². The Balaban J connectivity index is 1.57.